The van der Waals surface area contributed by atoms with E-state index in [0.717, 1.165) is 65.0 Å². The molecule has 0 aliphatic heterocycles. The SMILES string of the molecule is Cc1[nH]nc2ccc(-c3cnc4ccc(NC5CCC(NC(=O)OC(C)(C)C)CC5)nn34)cc12. The molecule has 178 valence electrons. The number of imidazole rings is 1. The summed E-state index contributed by atoms with van der Waals surface area (Å²) in [7, 11) is 0. The standard InChI is InChI=1S/C25H31N7O2/c1-15-19-13-16(5-10-20(19)30-29-15)21-14-26-23-12-11-22(31-32(21)23)27-17-6-8-18(9-7-17)28-24(33)34-25(2,3)4/h5,10-14,17-18H,6-9H2,1-4H3,(H,27,31)(H,28,33)(H,29,30). The fourth-order valence-corrected chi connectivity index (χ4v) is 4.51. The second-order valence-electron chi connectivity index (χ2n) is 10.1. The zero-order valence-corrected chi connectivity index (χ0v) is 20.1. The first-order chi connectivity index (χ1) is 16.2. The molecule has 3 N–H and O–H groups in total. The molecule has 9 heteroatoms. The van der Waals surface area contributed by atoms with Gasteiger partial charge in [-0.2, -0.15) is 5.10 Å². The van der Waals surface area contributed by atoms with Gasteiger partial charge in [0.1, 0.15) is 11.4 Å². The topological polar surface area (TPSA) is 109 Å². The maximum absolute atomic E-state index is 12.0. The van der Waals surface area contributed by atoms with Crippen LogP contribution in [0.2, 0.25) is 0 Å². The molecule has 4 aromatic rings. The summed E-state index contributed by atoms with van der Waals surface area (Å²) in [5.74, 6) is 0.816. The largest absolute Gasteiger partial charge is 0.444 e. The van der Waals surface area contributed by atoms with Gasteiger partial charge in [0.2, 0.25) is 0 Å². The fourth-order valence-electron chi connectivity index (χ4n) is 4.51. The molecular weight excluding hydrogens is 430 g/mol. The van der Waals surface area contributed by atoms with E-state index in [1.165, 1.54) is 0 Å². The van der Waals surface area contributed by atoms with Gasteiger partial charge in [0, 0.05) is 28.7 Å². The highest BCUT2D eigenvalue weighted by molar-refractivity contribution is 5.86. The Balaban J connectivity index is 1.26. The molecule has 3 aromatic heterocycles. The highest BCUT2D eigenvalue weighted by Gasteiger charge is 2.25. The predicted molar refractivity (Wildman–Crippen MR) is 132 cm³/mol. The van der Waals surface area contributed by atoms with Crippen molar-refractivity contribution < 1.29 is 9.53 Å². The molecule has 1 amide bonds. The first-order valence-corrected chi connectivity index (χ1v) is 11.8. The van der Waals surface area contributed by atoms with E-state index in [9.17, 15) is 4.79 Å². The van der Waals surface area contributed by atoms with Crippen LogP contribution in [0.1, 0.15) is 52.1 Å². The number of ether oxygens (including phenoxy) is 1. The summed E-state index contributed by atoms with van der Waals surface area (Å²) in [6.45, 7) is 7.64. The summed E-state index contributed by atoms with van der Waals surface area (Å²) in [4.78, 5) is 16.6. The van der Waals surface area contributed by atoms with Crippen LogP contribution in [-0.2, 0) is 4.74 Å². The van der Waals surface area contributed by atoms with Crippen LogP contribution < -0.4 is 10.6 Å². The van der Waals surface area contributed by atoms with Crippen molar-refractivity contribution in [1.82, 2.24) is 30.1 Å². The van der Waals surface area contributed by atoms with Crippen LogP contribution >= 0.6 is 0 Å². The summed E-state index contributed by atoms with van der Waals surface area (Å²) in [5.41, 5.74) is 4.28. The van der Waals surface area contributed by atoms with E-state index in [1.54, 1.807) is 0 Å². The zero-order valence-electron chi connectivity index (χ0n) is 20.1. The minimum Gasteiger partial charge on any atom is -0.444 e. The lowest BCUT2D eigenvalue weighted by Gasteiger charge is -2.30. The van der Waals surface area contributed by atoms with Gasteiger partial charge in [-0.15, -0.1) is 5.10 Å². The van der Waals surface area contributed by atoms with Crippen molar-refractivity contribution in [2.24, 2.45) is 0 Å². The Morgan fingerprint density at radius 3 is 2.65 bits per heavy atom. The molecule has 34 heavy (non-hydrogen) atoms. The van der Waals surface area contributed by atoms with Gasteiger partial charge in [-0.3, -0.25) is 5.10 Å². The number of carbonyl (C=O) groups is 1. The normalized spacial score (nSPS) is 18.8. The third kappa shape index (κ3) is 4.69. The maximum Gasteiger partial charge on any atom is 0.407 e. The first kappa shape index (κ1) is 22.2. The number of nitrogens with one attached hydrogen (secondary N) is 3. The van der Waals surface area contributed by atoms with E-state index in [2.05, 4.69) is 31.9 Å². The van der Waals surface area contributed by atoms with E-state index in [1.807, 2.05) is 62.7 Å². The molecular formula is C25H31N7O2. The second-order valence-corrected chi connectivity index (χ2v) is 10.1. The van der Waals surface area contributed by atoms with Crippen molar-refractivity contribution in [2.45, 2.75) is 71.1 Å². The molecule has 1 saturated carbocycles. The number of aryl methyl sites for hydroxylation is 1. The Morgan fingerprint density at radius 1 is 1.12 bits per heavy atom. The monoisotopic (exact) mass is 461 g/mol. The van der Waals surface area contributed by atoms with E-state index in [4.69, 9.17) is 9.84 Å². The van der Waals surface area contributed by atoms with Gasteiger partial charge in [0.15, 0.2) is 5.65 Å². The van der Waals surface area contributed by atoms with Crippen LogP contribution in [0.4, 0.5) is 10.6 Å². The van der Waals surface area contributed by atoms with E-state index in [0.29, 0.717) is 6.04 Å². The molecule has 0 atom stereocenters. The Kier molecular flexibility index (Phi) is 5.63. The van der Waals surface area contributed by atoms with Gasteiger partial charge in [-0.25, -0.2) is 14.3 Å². The number of rotatable bonds is 4. The van der Waals surface area contributed by atoms with Crippen molar-refractivity contribution in [3.8, 4) is 11.3 Å². The molecule has 0 unspecified atom stereocenters. The molecule has 0 radical (unpaired) electrons. The van der Waals surface area contributed by atoms with Crippen molar-refractivity contribution >= 4 is 28.5 Å². The molecule has 1 fully saturated rings. The Hall–Kier alpha value is -3.62. The van der Waals surface area contributed by atoms with Crippen molar-refractivity contribution in [1.29, 1.82) is 0 Å². The van der Waals surface area contributed by atoms with Gasteiger partial charge in [-0.05, 0) is 77.6 Å². The lowest BCUT2D eigenvalue weighted by Crippen LogP contribution is -2.42. The quantitative estimate of drug-likeness (QED) is 0.402. The third-order valence-electron chi connectivity index (χ3n) is 6.20. The summed E-state index contributed by atoms with van der Waals surface area (Å²) < 4.78 is 7.26. The third-order valence-corrected chi connectivity index (χ3v) is 6.20. The molecule has 1 aromatic carbocycles. The van der Waals surface area contributed by atoms with Crippen molar-refractivity contribution in [3.05, 3.63) is 42.2 Å². The molecule has 0 spiro atoms. The smallest absolute Gasteiger partial charge is 0.407 e. The number of hydrogen-bond donors (Lipinski definition) is 3. The summed E-state index contributed by atoms with van der Waals surface area (Å²) in [5, 5.41) is 19.8. The first-order valence-electron chi connectivity index (χ1n) is 11.8. The molecule has 0 bridgehead atoms. The number of aromatic nitrogens is 5. The number of amides is 1. The molecule has 9 nitrogen and oxygen atoms in total. The Morgan fingerprint density at radius 2 is 1.88 bits per heavy atom. The van der Waals surface area contributed by atoms with Crippen LogP contribution in [0.5, 0.6) is 0 Å². The zero-order chi connectivity index (χ0) is 23.9. The fraction of sp³-hybridized carbons (Fsp3) is 0.440. The molecule has 3 heterocycles. The number of hydrogen-bond acceptors (Lipinski definition) is 6. The van der Waals surface area contributed by atoms with E-state index in [-0.39, 0.29) is 12.1 Å². The summed E-state index contributed by atoms with van der Waals surface area (Å²) in [6.07, 6.45) is 5.23. The minimum atomic E-state index is -0.484. The number of benzene rings is 1. The highest BCUT2D eigenvalue weighted by Crippen LogP contribution is 2.27. The van der Waals surface area contributed by atoms with Gasteiger partial charge in [-0.1, -0.05) is 6.07 Å². The number of alkyl carbamates (subject to hydrolysis) is 1. The number of aromatic amines is 1. The van der Waals surface area contributed by atoms with E-state index >= 15 is 0 Å². The number of nitrogens with zero attached hydrogens (tertiary/aromatic N) is 4. The Bertz CT molecular complexity index is 1330. The van der Waals surface area contributed by atoms with Crippen LogP contribution in [0, 0.1) is 6.92 Å². The van der Waals surface area contributed by atoms with Crippen molar-refractivity contribution in [3.63, 3.8) is 0 Å². The number of carbonyl (C=O) groups excluding carboxylic acids is 1. The van der Waals surface area contributed by atoms with Crippen LogP contribution in [0.15, 0.2) is 36.5 Å². The average Bonchev–Trinajstić information content (AvgIpc) is 3.37. The molecule has 5 rings (SSSR count). The minimum absolute atomic E-state index is 0.143. The Labute approximate surface area is 198 Å². The van der Waals surface area contributed by atoms with Gasteiger partial charge in [0.25, 0.3) is 0 Å². The summed E-state index contributed by atoms with van der Waals surface area (Å²) in [6, 6.07) is 10.6. The van der Waals surface area contributed by atoms with Crippen molar-refractivity contribution in [2.75, 3.05) is 5.32 Å². The molecule has 1 aliphatic rings. The summed E-state index contributed by atoms with van der Waals surface area (Å²) >= 11 is 0. The average molecular weight is 462 g/mol. The lowest BCUT2D eigenvalue weighted by atomic mass is 9.91. The highest BCUT2D eigenvalue weighted by atomic mass is 16.6. The molecule has 1 aliphatic carbocycles. The number of H-pyrrole nitrogens is 1. The van der Waals surface area contributed by atoms with Crippen LogP contribution in [0.3, 0.4) is 0 Å². The predicted octanol–water partition coefficient (Wildman–Crippen LogP) is 4.83. The number of anilines is 1. The van der Waals surface area contributed by atoms with Gasteiger partial charge >= 0.3 is 6.09 Å². The van der Waals surface area contributed by atoms with Crippen LogP contribution in [-0.4, -0.2) is 48.6 Å². The van der Waals surface area contributed by atoms with Crippen LogP contribution in [0.25, 0.3) is 27.8 Å². The molecule has 0 saturated heterocycles. The lowest BCUT2D eigenvalue weighted by molar-refractivity contribution is 0.0492. The van der Waals surface area contributed by atoms with Gasteiger partial charge < -0.3 is 15.4 Å². The van der Waals surface area contributed by atoms with E-state index < -0.39 is 5.60 Å². The van der Waals surface area contributed by atoms with Gasteiger partial charge in [0.05, 0.1) is 17.4 Å². The number of fused-ring (bicyclic) bond motifs is 2. The second kappa shape index (κ2) is 8.62. The maximum atomic E-state index is 12.0.